The molecule has 3 heterocycles. The lowest BCUT2D eigenvalue weighted by Gasteiger charge is -2.12. The molecule has 0 bridgehead atoms. The Kier molecular flexibility index (Phi) is 3.08. The van der Waals surface area contributed by atoms with Crippen molar-refractivity contribution in [3.8, 4) is 11.5 Å². The molecular weight excluding hydrogens is 300 g/mol. The highest BCUT2D eigenvalue weighted by atomic mass is 35.5. The van der Waals surface area contributed by atoms with E-state index in [9.17, 15) is 4.79 Å². The molecule has 1 N–H and O–H groups in total. The summed E-state index contributed by atoms with van der Waals surface area (Å²) in [5.41, 5.74) is 1.60. The van der Waals surface area contributed by atoms with Gasteiger partial charge in [-0.25, -0.2) is 9.97 Å². The van der Waals surface area contributed by atoms with Gasteiger partial charge in [-0.2, -0.15) is 0 Å². The minimum absolute atomic E-state index is 0.0341. The van der Waals surface area contributed by atoms with E-state index in [4.69, 9.17) is 11.6 Å². The smallest absolute Gasteiger partial charge is 0.243 e. The molecule has 6 heteroatoms. The molecule has 1 atom stereocenters. The van der Waals surface area contributed by atoms with Crippen LogP contribution in [0.5, 0.6) is 0 Å². The van der Waals surface area contributed by atoms with Crippen molar-refractivity contribution in [2.24, 2.45) is 0 Å². The number of aromatic nitrogens is 3. The topological polar surface area (TPSA) is 59.8 Å². The second-order valence-corrected chi connectivity index (χ2v) is 5.72. The summed E-state index contributed by atoms with van der Waals surface area (Å²) < 4.78 is 1.90. The number of rotatable bonds is 2. The van der Waals surface area contributed by atoms with E-state index in [0.717, 1.165) is 23.0 Å². The highest BCUT2D eigenvalue weighted by Crippen LogP contribution is 2.26. The number of hydrogen-bond acceptors (Lipinski definition) is 3. The minimum Gasteiger partial charge on any atom is -0.354 e. The molecule has 0 spiro atoms. The molecule has 1 fully saturated rings. The second kappa shape index (κ2) is 5.10. The monoisotopic (exact) mass is 312 g/mol. The molecule has 1 aliphatic rings. The number of hydrogen-bond donors (Lipinski definition) is 1. The number of amides is 1. The molecule has 1 aliphatic heterocycles. The largest absolute Gasteiger partial charge is 0.354 e. The Morgan fingerprint density at radius 3 is 3.00 bits per heavy atom. The fraction of sp³-hybridized carbons (Fsp3) is 0.188. The van der Waals surface area contributed by atoms with Gasteiger partial charge in [-0.15, -0.1) is 0 Å². The first kappa shape index (κ1) is 13.3. The summed E-state index contributed by atoms with van der Waals surface area (Å²) in [6.07, 6.45) is 4.30. The fourth-order valence-corrected chi connectivity index (χ4v) is 3.01. The summed E-state index contributed by atoms with van der Waals surface area (Å²) in [7, 11) is 0. The number of benzene rings is 1. The normalized spacial score (nSPS) is 17.9. The molecule has 22 heavy (non-hydrogen) atoms. The van der Waals surface area contributed by atoms with Gasteiger partial charge in [0.15, 0.2) is 5.82 Å². The Bertz CT molecular complexity index is 873. The first-order valence-electron chi connectivity index (χ1n) is 7.09. The van der Waals surface area contributed by atoms with Crippen molar-refractivity contribution in [1.82, 2.24) is 19.9 Å². The molecule has 4 rings (SSSR count). The third-order valence-corrected chi connectivity index (χ3v) is 4.14. The lowest BCUT2D eigenvalue weighted by Crippen LogP contribution is -2.22. The van der Waals surface area contributed by atoms with Crippen molar-refractivity contribution in [2.45, 2.75) is 12.5 Å². The molecule has 0 aliphatic carbocycles. The fourth-order valence-electron chi connectivity index (χ4n) is 2.83. The Morgan fingerprint density at radius 1 is 1.27 bits per heavy atom. The van der Waals surface area contributed by atoms with Crippen molar-refractivity contribution in [3.05, 3.63) is 47.7 Å². The average molecular weight is 313 g/mol. The van der Waals surface area contributed by atoms with Crippen LogP contribution in [-0.2, 0) is 4.79 Å². The number of imidazole rings is 1. The molecule has 5 nitrogen and oxygen atoms in total. The van der Waals surface area contributed by atoms with Gasteiger partial charge in [0.25, 0.3) is 0 Å². The molecular formula is C16H13ClN4O. The molecule has 1 aromatic carbocycles. The van der Waals surface area contributed by atoms with Gasteiger partial charge in [-0.05, 0) is 30.7 Å². The first-order valence-corrected chi connectivity index (χ1v) is 7.47. The van der Waals surface area contributed by atoms with Crippen LogP contribution in [-0.4, -0.2) is 27.0 Å². The summed E-state index contributed by atoms with van der Waals surface area (Å²) in [6.45, 7) is 0.699. The van der Waals surface area contributed by atoms with Gasteiger partial charge in [0.05, 0.1) is 5.52 Å². The highest BCUT2D eigenvalue weighted by Gasteiger charge is 2.27. The van der Waals surface area contributed by atoms with Crippen LogP contribution in [0.15, 0.2) is 42.7 Å². The van der Waals surface area contributed by atoms with Crippen LogP contribution in [0.2, 0.25) is 5.02 Å². The van der Waals surface area contributed by atoms with Crippen LogP contribution < -0.4 is 5.32 Å². The number of fused-ring (bicyclic) bond motifs is 1. The Hall–Kier alpha value is -2.40. The quantitative estimate of drug-likeness (QED) is 0.791. The third-order valence-electron chi connectivity index (χ3n) is 3.90. The van der Waals surface area contributed by atoms with E-state index >= 15 is 0 Å². The van der Waals surface area contributed by atoms with Gasteiger partial charge in [0.2, 0.25) is 5.91 Å². The van der Waals surface area contributed by atoms with E-state index in [1.807, 2.05) is 41.1 Å². The lowest BCUT2D eigenvalue weighted by molar-refractivity contribution is -0.121. The molecule has 1 amide bonds. The zero-order chi connectivity index (χ0) is 15.1. The van der Waals surface area contributed by atoms with Crippen molar-refractivity contribution >= 4 is 28.4 Å². The number of halogens is 1. The second-order valence-electron chi connectivity index (χ2n) is 5.29. The van der Waals surface area contributed by atoms with Crippen LogP contribution in [0.25, 0.3) is 22.4 Å². The average Bonchev–Trinajstić information content (AvgIpc) is 3.15. The van der Waals surface area contributed by atoms with Crippen molar-refractivity contribution in [2.75, 3.05) is 6.54 Å². The maximum absolute atomic E-state index is 11.9. The van der Waals surface area contributed by atoms with E-state index in [2.05, 4.69) is 15.3 Å². The van der Waals surface area contributed by atoms with Gasteiger partial charge >= 0.3 is 0 Å². The van der Waals surface area contributed by atoms with Crippen molar-refractivity contribution < 1.29 is 4.79 Å². The number of carbonyl (C=O) groups excluding carboxylic acids is 1. The molecule has 0 radical (unpaired) electrons. The maximum atomic E-state index is 11.9. The van der Waals surface area contributed by atoms with Gasteiger partial charge in [-0.1, -0.05) is 17.7 Å². The van der Waals surface area contributed by atoms with E-state index < -0.39 is 0 Å². The zero-order valence-electron chi connectivity index (χ0n) is 11.7. The van der Waals surface area contributed by atoms with Gasteiger partial charge in [-0.3, -0.25) is 4.79 Å². The molecule has 110 valence electrons. The molecule has 3 aromatic rings. The van der Waals surface area contributed by atoms with Crippen LogP contribution >= 0.6 is 11.6 Å². The summed E-state index contributed by atoms with van der Waals surface area (Å²) in [6, 6.07) is 9.25. The van der Waals surface area contributed by atoms with Crippen molar-refractivity contribution in [3.63, 3.8) is 0 Å². The summed E-state index contributed by atoms with van der Waals surface area (Å²) >= 11 is 6.00. The van der Waals surface area contributed by atoms with Crippen LogP contribution in [0.3, 0.4) is 0 Å². The highest BCUT2D eigenvalue weighted by molar-refractivity contribution is 6.31. The summed E-state index contributed by atoms with van der Waals surface area (Å²) in [5.74, 6) is 0.741. The van der Waals surface area contributed by atoms with Crippen molar-refractivity contribution in [1.29, 1.82) is 0 Å². The van der Waals surface area contributed by atoms with E-state index in [1.54, 1.807) is 6.20 Å². The molecule has 1 saturated heterocycles. The van der Waals surface area contributed by atoms with Gasteiger partial charge < -0.3 is 9.88 Å². The molecule has 1 unspecified atom stereocenters. The Balaban J connectivity index is 1.81. The van der Waals surface area contributed by atoms with Gasteiger partial charge in [0, 0.05) is 29.3 Å². The van der Waals surface area contributed by atoms with Gasteiger partial charge in [0.1, 0.15) is 11.7 Å². The third kappa shape index (κ3) is 2.14. The lowest BCUT2D eigenvalue weighted by atomic mass is 10.2. The number of pyridine rings is 1. The number of nitrogens with zero attached hydrogens (tertiary/aromatic N) is 3. The Morgan fingerprint density at radius 2 is 2.18 bits per heavy atom. The summed E-state index contributed by atoms with van der Waals surface area (Å²) in [4.78, 5) is 20.9. The van der Waals surface area contributed by atoms with E-state index in [-0.39, 0.29) is 11.9 Å². The summed E-state index contributed by atoms with van der Waals surface area (Å²) in [5, 5.41) is 4.52. The molecule has 2 aromatic heterocycles. The minimum atomic E-state index is -0.208. The predicted octanol–water partition coefficient (Wildman–Crippen LogP) is 2.81. The number of carbonyl (C=O) groups is 1. The first-order chi connectivity index (χ1) is 10.7. The SMILES string of the molecule is O=C1NCCC1n1ccnc1-c1ccc2cc(Cl)ccc2n1. The van der Waals surface area contributed by atoms with Crippen LogP contribution in [0, 0.1) is 0 Å². The van der Waals surface area contributed by atoms with Crippen LogP contribution in [0.4, 0.5) is 0 Å². The van der Waals surface area contributed by atoms with E-state index in [1.165, 1.54) is 0 Å². The maximum Gasteiger partial charge on any atom is 0.243 e. The Labute approximate surface area is 131 Å². The zero-order valence-corrected chi connectivity index (χ0v) is 12.4. The standard InChI is InChI=1S/C16H13ClN4O/c17-11-2-4-12-10(9-11)1-3-13(20-12)15-18-7-8-21(15)14-5-6-19-16(14)22/h1-4,7-9,14H,5-6H2,(H,19,22). The molecule has 0 saturated carbocycles. The van der Waals surface area contributed by atoms with E-state index in [0.29, 0.717) is 17.4 Å². The predicted molar refractivity (Wildman–Crippen MR) is 84.6 cm³/mol. The number of nitrogens with one attached hydrogen (secondary N) is 1. The van der Waals surface area contributed by atoms with Crippen LogP contribution in [0.1, 0.15) is 12.5 Å².